The van der Waals surface area contributed by atoms with Crippen LogP contribution < -0.4 is 26.8 Å². The molecule has 5 heterocycles. The van der Waals surface area contributed by atoms with Gasteiger partial charge in [0.1, 0.15) is 48.2 Å². The van der Waals surface area contributed by atoms with Gasteiger partial charge in [-0.1, -0.05) is 127 Å². The van der Waals surface area contributed by atoms with Crippen LogP contribution in [0.15, 0.2) is 85.5 Å². The molecule has 2 saturated carbocycles. The van der Waals surface area contributed by atoms with Crippen molar-refractivity contribution in [2.45, 2.75) is 175 Å². The number of allylic oxidation sites excluding steroid dienone is 2. The van der Waals surface area contributed by atoms with Crippen molar-refractivity contribution in [3.8, 4) is 0 Å². The average Bonchev–Trinajstić information content (AvgIpc) is 2.63. The first-order chi connectivity index (χ1) is 43.5. The molecule has 91 heavy (non-hydrogen) atoms. The first-order valence-corrected chi connectivity index (χ1v) is 33.4. The minimum absolute atomic E-state index is 0.0445. The number of pyridine rings is 2. The number of aromatic nitrogens is 2. The monoisotopic (exact) mass is 1290 g/mol. The molecule has 2 aliphatic carbocycles. The second kappa shape index (κ2) is 34.0. The van der Waals surface area contributed by atoms with Crippen LogP contribution >= 0.6 is 23.2 Å². The minimum atomic E-state index is -0.878. The standard InChI is InChI=1S/C35H47N5O5.C33H42N4O5.C2H4Cl2/c1-7-10-27(19-25-12-13-25)32(41)38-31(21(3)4)33(42)36-22(5)34(43)40-18-9-11-29(39-40)35(44)45-23(6)28-17-16-26-15-14-24(8-2)20-30(26)37-28;1-19(2)26-18-30(38)25(16-22-7-8-22)12-10-23-9-11-24-13-14-27(35-29(24)17-23)21(4)42-33(41)28-6-5-15-37(36-28)32(40)20(3)34-31(26)39;3-1-2-4/h7-8,10,14-17,20-23,25,27,29,31,39H,2,9,11-13,18-19H2,1,3-6H3,(H,36,42)(H,38,41);9-14,17,19-22,25-26,28,36H,5-8,15-16,18H2,1-4H3,(H,34,39);1-2H2/b10-7+;12-10+;/t22-,23+,27-,29-,31-;20-,21+,25-,26-,28-;/m00./s1. The number of benzene rings is 2. The van der Waals surface area contributed by atoms with Crippen LogP contribution in [0, 0.1) is 41.4 Å². The maximum atomic E-state index is 13.6. The van der Waals surface area contributed by atoms with E-state index in [1.807, 2.05) is 120 Å². The third-order valence-corrected chi connectivity index (χ3v) is 17.8. The Morgan fingerprint density at radius 2 is 1.47 bits per heavy atom. The Bertz CT molecular complexity index is 3290. The first kappa shape index (κ1) is 71.4. The number of nitrogens with zero attached hydrogens (tertiary/aromatic N) is 4. The number of halogens is 2. The Hall–Kier alpha value is -7.06. The molecule has 19 nitrogen and oxygen atoms in total. The van der Waals surface area contributed by atoms with Crippen LogP contribution in [0.5, 0.6) is 0 Å². The fraction of sp³-hybridized carbons (Fsp3) is 0.543. The van der Waals surface area contributed by atoms with Gasteiger partial charge in [-0.15, -0.1) is 23.2 Å². The SMILES string of the molecule is C=Cc1ccc2ccc([C@@H](C)OC(=O)[C@@H]3CCCN(C(=O)[C@H](C)NC(=O)[C@@H](NC(=O)[C@@H](/C=C/C)CC4CC4)C(C)C)N3)nc2c1.CC(C)[C@@H]1CC(=O)[C@H](CC2CC2)/C=C/c2ccc3ccc(nc3c2)[C@@H](C)OC(=O)[C@@H]2CCCN(N2)C(=O)[C@H](C)NC1=O.ClCCCl. The van der Waals surface area contributed by atoms with E-state index in [1.54, 1.807) is 33.8 Å². The highest BCUT2D eigenvalue weighted by Crippen LogP contribution is 2.38. The van der Waals surface area contributed by atoms with Gasteiger partial charge in [0.25, 0.3) is 11.8 Å². The lowest BCUT2D eigenvalue weighted by molar-refractivity contribution is -0.158. The number of carbonyl (C=O) groups excluding carboxylic acids is 8. The largest absolute Gasteiger partial charge is 0.455 e. The van der Waals surface area contributed by atoms with Crippen molar-refractivity contribution in [2.75, 3.05) is 24.8 Å². The number of alkyl halides is 2. The van der Waals surface area contributed by atoms with Gasteiger partial charge in [0.05, 0.1) is 28.3 Å². The summed E-state index contributed by atoms with van der Waals surface area (Å²) in [6.07, 6.45) is 16.7. The number of fused-ring (bicyclic) bond motifs is 5. The number of Topliss-reactive ketones (excluding diaryl/α,β-unsaturated/α-hetero) is 1. The van der Waals surface area contributed by atoms with Gasteiger partial charge in [-0.05, 0) is 132 Å². The zero-order valence-electron chi connectivity index (χ0n) is 54.2. The maximum absolute atomic E-state index is 13.6. The van der Waals surface area contributed by atoms with Crippen molar-refractivity contribution >= 4 is 104 Å². The Morgan fingerprint density at radius 1 is 0.802 bits per heavy atom. The summed E-state index contributed by atoms with van der Waals surface area (Å²) < 4.78 is 11.5. The van der Waals surface area contributed by atoms with E-state index < -0.39 is 66.2 Å². The van der Waals surface area contributed by atoms with E-state index in [-0.39, 0.29) is 59.5 Å². The Balaban J connectivity index is 0.000000245. The van der Waals surface area contributed by atoms with Gasteiger partial charge in [-0.2, -0.15) is 0 Å². The molecule has 2 aromatic heterocycles. The number of carbonyl (C=O) groups is 8. The minimum Gasteiger partial charge on any atom is -0.455 e. The fourth-order valence-electron chi connectivity index (χ4n) is 11.3. The third kappa shape index (κ3) is 20.7. The number of amides is 5. The number of hydrazine groups is 2. The van der Waals surface area contributed by atoms with Gasteiger partial charge in [0.2, 0.25) is 17.7 Å². The van der Waals surface area contributed by atoms with Gasteiger partial charge in [-0.25, -0.2) is 20.8 Å². The van der Waals surface area contributed by atoms with Crippen molar-refractivity contribution in [1.82, 2.24) is 46.8 Å². The van der Waals surface area contributed by atoms with Gasteiger partial charge in [0.15, 0.2) is 0 Å². The molecule has 2 saturated heterocycles. The average molecular weight is 1290 g/mol. The number of nitrogens with one attached hydrogen (secondary N) is 5. The zero-order chi connectivity index (χ0) is 66.1. The number of hydrogen-bond acceptors (Lipinski definition) is 14. The molecule has 0 unspecified atom stereocenters. The first-order valence-electron chi connectivity index (χ1n) is 32.4. The van der Waals surface area contributed by atoms with E-state index in [4.69, 9.17) is 37.7 Å². The van der Waals surface area contributed by atoms with Gasteiger partial charge in [0, 0.05) is 53.9 Å². The molecule has 5 aliphatic rings. The van der Waals surface area contributed by atoms with E-state index in [1.165, 1.54) is 10.0 Å². The third-order valence-electron chi connectivity index (χ3n) is 17.2. The molecule has 0 radical (unpaired) electrons. The van der Waals surface area contributed by atoms with Gasteiger partial charge in [-0.3, -0.25) is 48.4 Å². The summed E-state index contributed by atoms with van der Waals surface area (Å²) in [5.41, 5.74) is 10.7. The summed E-state index contributed by atoms with van der Waals surface area (Å²) >= 11 is 10.1. The molecule has 5 bridgehead atoms. The Kier molecular flexibility index (Phi) is 26.7. The van der Waals surface area contributed by atoms with Crippen LogP contribution in [-0.4, -0.2) is 122 Å². The topological polar surface area (TPSA) is 247 Å². The summed E-state index contributed by atoms with van der Waals surface area (Å²) in [6, 6.07) is 15.5. The lowest BCUT2D eigenvalue weighted by Gasteiger charge is -2.35. The normalized spacial score (nSPS) is 23.4. The van der Waals surface area contributed by atoms with Crippen molar-refractivity contribution in [2.24, 2.45) is 41.4 Å². The molecule has 3 aliphatic heterocycles. The van der Waals surface area contributed by atoms with Crippen molar-refractivity contribution in [1.29, 1.82) is 0 Å². The predicted molar refractivity (Wildman–Crippen MR) is 355 cm³/mol. The number of ketones is 1. The Morgan fingerprint density at radius 3 is 2.13 bits per heavy atom. The Labute approximate surface area is 546 Å². The van der Waals surface area contributed by atoms with Crippen molar-refractivity contribution in [3.63, 3.8) is 0 Å². The van der Waals surface area contributed by atoms with Crippen LogP contribution in [0.4, 0.5) is 0 Å². The van der Waals surface area contributed by atoms with Crippen LogP contribution in [0.1, 0.15) is 168 Å². The van der Waals surface area contributed by atoms with Gasteiger partial charge < -0.3 is 25.4 Å². The number of hydrogen-bond donors (Lipinski definition) is 5. The molecule has 4 aromatic rings. The molecular formula is C70H93Cl2N9O10. The molecule has 5 amide bonds. The predicted octanol–water partition coefficient (Wildman–Crippen LogP) is 10.6. The van der Waals surface area contributed by atoms with Crippen molar-refractivity contribution in [3.05, 3.63) is 108 Å². The zero-order valence-corrected chi connectivity index (χ0v) is 55.7. The van der Waals surface area contributed by atoms with Crippen molar-refractivity contribution < 1.29 is 47.8 Å². The van der Waals surface area contributed by atoms with Crippen LogP contribution in [-0.2, 0) is 47.8 Å². The number of ether oxygens (including phenoxy) is 2. The molecule has 5 N–H and O–H groups in total. The molecule has 4 fully saturated rings. The number of cyclic esters (lactones) is 1. The molecular weight excluding hydrogens is 1200 g/mol. The second-order valence-electron chi connectivity index (χ2n) is 25.4. The quantitative estimate of drug-likeness (QED) is 0.0375. The summed E-state index contributed by atoms with van der Waals surface area (Å²) in [6.45, 7) is 20.8. The summed E-state index contributed by atoms with van der Waals surface area (Å²) in [4.78, 5) is 116. The summed E-state index contributed by atoms with van der Waals surface area (Å²) in [5.74, 6) is -1.71. The number of esters is 2. The molecule has 0 spiro atoms. The summed E-state index contributed by atoms with van der Waals surface area (Å²) in [7, 11) is 0. The highest BCUT2D eigenvalue weighted by atomic mass is 35.5. The second-order valence-corrected chi connectivity index (χ2v) is 26.2. The van der Waals surface area contributed by atoms with E-state index in [0.29, 0.717) is 73.8 Å². The maximum Gasteiger partial charge on any atom is 0.325 e. The van der Waals surface area contributed by atoms with E-state index in [9.17, 15) is 38.4 Å². The van der Waals surface area contributed by atoms with E-state index in [0.717, 1.165) is 71.5 Å². The molecule has 10 atom stereocenters. The van der Waals surface area contributed by atoms with Crippen LogP contribution in [0.3, 0.4) is 0 Å². The molecule has 21 heteroatoms. The van der Waals surface area contributed by atoms with E-state index in [2.05, 4.69) is 38.4 Å². The summed E-state index contributed by atoms with van der Waals surface area (Å²) in [5, 5.41) is 13.2. The van der Waals surface area contributed by atoms with Crippen LogP contribution in [0.25, 0.3) is 34.0 Å². The molecule has 492 valence electrons. The lowest BCUT2D eigenvalue weighted by Crippen LogP contribution is -2.61. The van der Waals surface area contributed by atoms with E-state index >= 15 is 0 Å². The molecule has 2 aromatic carbocycles. The van der Waals surface area contributed by atoms with Gasteiger partial charge >= 0.3 is 11.9 Å². The fourth-order valence-corrected chi connectivity index (χ4v) is 11.3. The molecule has 9 rings (SSSR count). The smallest absolute Gasteiger partial charge is 0.325 e. The number of rotatable bonds is 17. The highest BCUT2D eigenvalue weighted by molar-refractivity contribution is 6.26. The van der Waals surface area contributed by atoms with Crippen LogP contribution in [0.2, 0.25) is 0 Å². The lowest BCUT2D eigenvalue weighted by atomic mass is 9.84. The highest BCUT2D eigenvalue weighted by Gasteiger charge is 2.38.